The Labute approximate surface area is 290 Å². The van der Waals surface area contributed by atoms with Crippen molar-refractivity contribution >= 4 is 30.4 Å². The van der Waals surface area contributed by atoms with E-state index in [4.69, 9.17) is 9.47 Å². The summed E-state index contributed by atoms with van der Waals surface area (Å²) in [4.78, 5) is 51.1. The lowest BCUT2D eigenvalue weighted by atomic mass is 9.79. The molecule has 4 saturated heterocycles. The summed E-state index contributed by atoms with van der Waals surface area (Å²) in [6.45, 7) is 22.3. The van der Waals surface area contributed by atoms with E-state index in [0.29, 0.717) is 11.7 Å². The number of carbonyl (C=O) groups excluding carboxylic acids is 4. The molecule has 1 N–H and O–H groups in total. The van der Waals surface area contributed by atoms with Gasteiger partial charge in [-0.2, -0.15) is 0 Å². The highest BCUT2D eigenvalue weighted by atomic mass is 19.1. The molecule has 0 aromatic heterocycles. The van der Waals surface area contributed by atoms with Crippen LogP contribution in [0.2, 0.25) is 0 Å². The molecule has 49 heavy (non-hydrogen) atoms. The van der Waals surface area contributed by atoms with Gasteiger partial charge >= 0.3 is 12.2 Å². The van der Waals surface area contributed by atoms with E-state index < -0.39 is 11.4 Å². The van der Waals surface area contributed by atoms with Crippen molar-refractivity contribution in [2.45, 2.75) is 79.4 Å². The SMILES string of the molecule is CC(C)(C)OC(=O)N1CC2(CCNC2)C1.Cc1ccc(C=O)c(F)c1.Cc1ccc(C=O)c(N2CCC3(CN(C(=O)OC(C)(C)C)C3)C2)c1. The van der Waals surface area contributed by atoms with Crippen molar-refractivity contribution < 1.29 is 33.0 Å². The first-order valence-electron chi connectivity index (χ1n) is 17.0. The first-order valence-corrected chi connectivity index (χ1v) is 17.0. The van der Waals surface area contributed by atoms with Crippen LogP contribution < -0.4 is 10.2 Å². The first-order chi connectivity index (χ1) is 22.9. The van der Waals surface area contributed by atoms with Crippen molar-refractivity contribution in [1.29, 1.82) is 0 Å². The van der Waals surface area contributed by atoms with Crippen LogP contribution >= 0.6 is 0 Å². The third-order valence-corrected chi connectivity index (χ3v) is 9.12. The maximum Gasteiger partial charge on any atom is 0.410 e. The topological polar surface area (TPSA) is 108 Å². The van der Waals surface area contributed by atoms with Crippen molar-refractivity contribution in [3.05, 3.63) is 64.5 Å². The summed E-state index contributed by atoms with van der Waals surface area (Å²) in [5, 5.41) is 3.34. The number of likely N-dealkylation sites (tertiary alicyclic amines) is 2. The minimum atomic E-state index is -0.456. The van der Waals surface area contributed by atoms with Crippen molar-refractivity contribution in [3.8, 4) is 0 Å². The molecule has 0 unspecified atom stereocenters. The Morgan fingerprint density at radius 2 is 1.27 bits per heavy atom. The highest BCUT2D eigenvalue weighted by Crippen LogP contribution is 2.42. The molecule has 2 amide bonds. The van der Waals surface area contributed by atoms with Crippen LogP contribution in [-0.2, 0) is 9.47 Å². The van der Waals surface area contributed by atoms with Crippen molar-refractivity contribution in [1.82, 2.24) is 15.1 Å². The number of benzene rings is 2. The standard InChI is InChI=1S/C19H26N2O3.C11H20N2O2.C8H7FO/c1-14-5-6-15(10-22)16(9-14)20-8-7-19(11-20)12-21(13-19)17(23)24-18(2,3)4;1-10(2,3)15-9(14)13-7-11(8-13)4-5-12-6-11;1-6-2-3-7(5-10)8(9)4-6/h5-6,9-10H,7-8,11-13H2,1-4H3;12H,4-8H2,1-3H3;2-5H,1H3. The number of ether oxygens (including phenoxy) is 2. The zero-order valence-electron chi connectivity index (χ0n) is 30.4. The first kappa shape index (κ1) is 37.8. The van der Waals surface area contributed by atoms with E-state index in [9.17, 15) is 23.6 Å². The van der Waals surface area contributed by atoms with Gasteiger partial charge in [0.1, 0.15) is 17.0 Å². The summed E-state index contributed by atoms with van der Waals surface area (Å²) < 4.78 is 23.4. The van der Waals surface area contributed by atoms with Crippen LogP contribution in [0.3, 0.4) is 0 Å². The fraction of sp³-hybridized carbons (Fsp3) is 0.579. The molecule has 2 spiro atoms. The lowest BCUT2D eigenvalue weighted by molar-refractivity contribution is -0.0274. The van der Waals surface area contributed by atoms with E-state index in [1.54, 1.807) is 22.8 Å². The van der Waals surface area contributed by atoms with E-state index in [0.717, 1.165) is 87.4 Å². The van der Waals surface area contributed by atoms with Crippen LogP contribution in [-0.4, -0.2) is 98.1 Å². The second-order valence-corrected chi connectivity index (χ2v) is 16.1. The number of carbonyl (C=O) groups is 4. The van der Waals surface area contributed by atoms with Gasteiger partial charge in [-0.25, -0.2) is 14.0 Å². The minimum Gasteiger partial charge on any atom is -0.444 e. The van der Waals surface area contributed by atoms with Gasteiger partial charge in [0.2, 0.25) is 0 Å². The van der Waals surface area contributed by atoms with Crippen molar-refractivity contribution in [2.24, 2.45) is 10.8 Å². The van der Waals surface area contributed by atoms with Crippen LogP contribution in [0.4, 0.5) is 19.7 Å². The number of amides is 2. The molecule has 4 aliphatic heterocycles. The maximum absolute atomic E-state index is 12.6. The normalized spacial score (nSPS) is 18.8. The number of nitrogens with one attached hydrogen (secondary N) is 1. The van der Waals surface area contributed by atoms with E-state index >= 15 is 0 Å². The van der Waals surface area contributed by atoms with E-state index in [1.807, 2.05) is 60.6 Å². The lowest BCUT2D eigenvalue weighted by Gasteiger charge is -2.47. The Bertz CT molecular complexity index is 1510. The third kappa shape index (κ3) is 10.0. The average molecular weight is 681 g/mol. The van der Waals surface area contributed by atoms with Gasteiger partial charge in [-0.1, -0.05) is 12.1 Å². The van der Waals surface area contributed by atoms with Gasteiger partial charge in [-0.15, -0.1) is 0 Å². The molecule has 11 heteroatoms. The number of rotatable bonds is 3. The van der Waals surface area contributed by atoms with Gasteiger partial charge < -0.3 is 29.5 Å². The highest BCUT2D eigenvalue weighted by molar-refractivity contribution is 5.85. The Balaban J connectivity index is 0.000000184. The summed E-state index contributed by atoms with van der Waals surface area (Å²) in [5.74, 6) is -0.449. The fourth-order valence-electron chi connectivity index (χ4n) is 6.66. The van der Waals surface area contributed by atoms with E-state index in [1.165, 1.54) is 18.6 Å². The molecule has 0 atom stereocenters. The Kier molecular flexibility index (Phi) is 11.5. The Hall–Kier alpha value is -3.99. The maximum atomic E-state index is 12.6. The summed E-state index contributed by atoms with van der Waals surface area (Å²) in [6.07, 6.45) is 3.27. The quantitative estimate of drug-likeness (QED) is 0.371. The number of halogens is 1. The molecule has 10 nitrogen and oxygen atoms in total. The number of hydrogen-bond acceptors (Lipinski definition) is 8. The zero-order chi connectivity index (χ0) is 36.2. The molecule has 4 heterocycles. The molecule has 0 radical (unpaired) electrons. The van der Waals surface area contributed by atoms with E-state index in [2.05, 4.69) is 16.3 Å². The predicted molar refractivity (Wildman–Crippen MR) is 188 cm³/mol. The van der Waals surface area contributed by atoms with Crippen molar-refractivity contribution in [2.75, 3.05) is 57.3 Å². The molecule has 268 valence electrons. The van der Waals surface area contributed by atoms with Crippen molar-refractivity contribution in [3.63, 3.8) is 0 Å². The monoisotopic (exact) mass is 680 g/mol. The van der Waals surface area contributed by atoms with Crippen LogP contribution in [0.5, 0.6) is 0 Å². The smallest absolute Gasteiger partial charge is 0.410 e. The van der Waals surface area contributed by atoms with Gasteiger partial charge in [0.25, 0.3) is 0 Å². The van der Waals surface area contributed by atoms with Crippen LogP contribution in [0, 0.1) is 30.5 Å². The average Bonchev–Trinajstić information content (AvgIpc) is 3.63. The molecular weight excluding hydrogens is 627 g/mol. The van der Waals surface area contributed by atoms with Crippen LogP contribution in [0.25, 0.3) is 0 Å². The third-order valence-electron chi connectivity index (χ3n) is 9.12. The predicted octanol–water partition coefficient (Wildman–Crippen LogP) is 6.42. The Morgan fingerprint density at radius 1 is 0.755 bits per heavy atom. The minimum absolute atomic E-state index is 0.116. The molecule has 2 aromatic carbocycles. The summed E-state index contributed by atoms with van der Waals surface area (Å²) in [6, 6.07) is 10.4. The largest absolute Gasteiger partial charge is 0.444 e. The number of aldehydes is 2. The van der Waals surface area contributed by atoms with Crippen LogP contribution in [0.15, 0.2) is 36.4 Å². The highest BCUT2D eigenvalue weighted by Gasteiger charge is 2.51. The Morgan fingerprint density at radius 3 is 1.73 bits per heavy atom. The number of hydrogen-bond donors (Lipinski definition) is 1. The molecule has 0 bridgehead atoms. The summed E-state index contributed by atoms with van der Waals surface area (Å²) in [5.41, 5.74) is 3.50. The zero-order valence-corrected chi connectivity index (χ0v) is 30.4. The molecule has 4 fully saturated rings. The van der Waals surface area contributed by atoms with Crippen LogP contribution in [0.1, 0.15) is 86.2 Å². The van der Waals surface area contributed by atoms with E-state index in [-0.39, 0.29) is 28.8 Å². The van der Waals surface area contributed by atoms with Gasteiger partial charge in [0.05, 0.1) is 5.56 Å². The second kappa shape index (κ2) is 14.9. The summed E-state index contributed by atoms with van der Waals surface area (Å²) >= 11 is 0. The second-order valence-electron chi connectivity index (χ2n) is 16.1. The molecule has 4 aliphatic rings. The lowest BCUT2D eigenvalue weighted by Crippen LogP contribution is -2.60. The molecule has 2 aromatic rings. The molecule has 0 aliphatic carbocycles. The van der Waals surface area contributed by atoms with Gasteiger partial charge in [0, 0.05) is 67.9 Å². The van der Waals surface area contributed by atoms with Gasteiger partial charge in [-0.05, 0) is 110 Å². The number of aryl methyl sites for hydroxylation is 2. The number of anilines is 1. The number of nitrogens with zero attached hydrogens (tertiary/aromatic N) is 3. The fourth-order valence-corrected chi connectivity index (χ4v) is 6.66. The molecule has 0 saturated carbocycles. The van der Waals surface area contributed by atoms with Gasteiger partial charge in [0.15, 0.2) is 12.6 Å². The van der Waals surface area contributed by atoms with Gasteiger partial charge in [-0.3, -0.25) is 9.59 Å². The summed E-state index contributed by atoms with van der Waals surface area (Å²) in [7, 11) is 0. The molecular formula is C38H53FN4O6. The molecule has 6 rings (SSSR count).